The van der Waals surface area contributed by atoms with Gasteiger partial charge >= 0.3 is 0 Å². The first-order chi connectivity index (χ1) is 5.16. The molecule has 2 saturated heterocycles. The molecule has 0 aromatic carbocycles. The van der Waals surface area contributed by atoms with Gasteiger partial charge in [-0.2, -0.15) is 11.8 Å². The molecule has 0 aromatic rings. The summed E-state index contributed by atoms with van der Waals surface area (Å²) >= 11 is 2.28. The summed E-state index contributed by atoms with van der Waals surface area (Å²) in [6, 6.07) is 0. The molecular formula is C10H18S. The van der Waals surface area contributed by atoms with E-state index >= 15 is 0 Å². The van der Waals surface area contributed by atoms with Gasteiger partial charge in [-0.15, -0.1) is 0 Å². The Morgan fingerprint density at radius 2 is 1.64 bits per heavy atom. The van der Waals surface area contributed by atoms with Crippen LogP contribution in [0.2, 0.25) is 0 Å². The van der Waals surface area contributed by atoms with E-state index in [1.807, 2.05) is 0 Å². The molecule has 64 valence electrons. The first-order valence-corrected chi connectivity index (χ1v) is 5.75. The van der Waals surface area contributed by atoms with Gasteiger partial charge in [-0.05, 0) is 31.1 Å². The van der Waals surface area contributed by atoms with Crippen molar-refractivity contribution in [2.75, 3.05) is 0 Å². The largest absolute Gasteiger partial charge is 0.155 e. The normalized spacial score (nSPS) is 42.0. The lowest BCUT2D eigenvalue weighted by molar-refractivity contribution is 0.260. The molecule has 2 bridgehead atoms. The molecule has 11 heavy (non-hydrogen) atoms. The van der Waals surface area contributed by atoms with E-state index in [1.54, 1.807) is 0 Å². The second-order valence-electron chi connectivity index (χ2n) is 4.88. The van der Waals surface area contributed by atoms with Crippen molar-refractivity contribution < 1.29 is 0 Å². The average molecular weight is 170 g/mol. The predicted octanol–water partition coefficient (Wildman–Crippen LogP) is 3.46. The molecule has 0 aromatic heterocycles. The van der Waals surface area contributed by atoms with E-state index in [1.165, 1.54) is 32.1 Å². The van der Waals surface area contributed by atoms with Crippen molar-refractivity contribution in [1.82, 2.24) is 0 Å². The summed E-state index contributed by atoms with van der Waals surface area (Å²) in [6.45, 7) is 4.88. The fraction of sp³-hybridized carbons (Fsp3) is 1.00. The predicted molar refractivity (Wildman–Crippen MR) is 52.0 cm³/mol. The van der Waals surface area contributed by atoms with Crippen molar-refractivity contribution in [3.05, 3.63) is 0 Å². The first kappa shape index (κ1) is 7.97. The van der Waals surface area contributed by atoms with Crippen molar-refractivity contribution in [2.24, 2.45) is 5.41 Å². The zero-order chi connectivity index (χ0) is 7.90. The van der Waals surface area contributed by atoms with Crippen LogP contribution in [0.1, 0.15) is 46.0 Å². The Bertz CT molecular complexity index is 137. The molecule has 1 heteroatoms. The molecule has 0 nitrogen and oxygen atoms in total. The summed E-state index contributed by atoms with van der Waals surface area (Å²) in [5.41, 5.74) is 0.654. The second kappa shape index (κ2) is 2.69. The average Bonchev–Trinajstić information content (AvgIpc) is 1.82. The minimum atomic E-state index is 0.654. The Morgan fingerprint density at radius 3 is 2.18 bits per heavy atom. The van der Waals surface area contributed by atoms with Gasteiger partial charge in [-0.1, -0.05) is 20.3 Å². The van der Waals surface area contributed by atoms with Crippen LogP contribution in [0, 0.1) is 5.41 Å². The Kier molecular flexibility index (Phi) is 1.95. The van der Waals surface area contributed by atoms with Crippen molar-refractivity contribution in [3.8, 4) is 0 Å². The van der Waals surface area contributed by atoms with Crippen LogP contribution in [-0.2, 0) is 0 Å². The van der Waals surface area contributed by atoms with E-state index in [2.05, 4.69) is 25.6 Å². The molecule has 0 N–H and O–H groups in total. The summed E-state index contributed by atoms with van der Waals surface area (Å²) in [7, 11) is 0. The highest BCUT2D eigenvalue weighted by atomic mass is 32.2. The van der Waals surface area contributed by atoms with Crippen molar-refractivity contribution in [1.29, 1.82) is 0 Å². The van der Waals surface area contributed by atoms with Gasteiger partial charge in [-0.3, -0.25) is 0 Å². The fourth-order valence-corrected chi connectivity index (χ4v) is 4.84. The molecule has 2 rings (SSSR count). The van der Waals surface area contributed by atoms with Crippen LogP contribution < -0.4 is 0 Å². The monoisotopic (exact) mass is 170 g/mol. The third-order valence-electron chi connectivity index (χ3n) is 3.00. The Hall–Kier alpha value is 0.350. The Balaban J connectivity index is 2.05. The van der Waals surface area contributed by atoms with E-state index in [0.29, 0.717) is 5.41 Å². The molecule has 0 amide bonds. The highest BCUT2D eigenvalue weighted by Gasteiger charge is 2.36. The van der Waals surface area contributed by atoms with Gasteiger partial charge in [0, 0.05) is 10.5 Å². The lowest BCUT2D eigenvalue weighted by atomic mass is 9.79. The molecule has 2 atom stereocenters. The van der Waals surface area contributed by atoms with E-state index in [9.17, 15) is 0 Å². The molecule has 2 unspecified atom stereocenters. The van der Waals surface area contributed by atoms with Crippen molar-refractivity contribution in [2.45, 2.75) is 56.5 Å². The minimum absolute atomic E-state index is 0.654. The van der Waals surface area contributed by atoms with Crippen LogP contribution in [0.3, 0.4) is 0 Å². The molecule has 2 heterocycles. The van der Waals surface area contributed by atoms with E-state index in [-0.39, 0.29) is 0 Å². The minimum Gasteiger partial charge on any atom is -0.155 e. The number of fused-ring (bicyclic) bond motifs is 2. The molecule has 0 saturated carbocycles. The smallest absolute Gasteiger partial charge is 0.00549 e. The highest BCUT2D eigenvalue weighted by molar-refractivity contribution is 8.00. The molecule has 0 radical (unpaired) electrons. The zero-order valence-electron chi connectivity index (χ0n) is 7.60. The van der Waals surface area contributed by atoms with Crippen LogP contribution in [0.25, 0.3) is 0 Å². The molecule has 2 aliphatic heterocycles. The maximum absolute atomic E-state index is 2.44. The van der Waals surface area contributed by atoms with Gasteiger partial charge in [0.1, 0.15) is 0 Å². The number of hydrogen-bond acceptors (Lipinski definition) is 1. The van der Waals surface area contributed by atoms with Crippen molar-refractivity contribution in [3.63, 3.8) is 0 Å². The Labute approximate surface area is 74.1 Å². The Morgan fingerprint density at radius 1 is 1.09 bits per heavy atom. The molecule has 0 spiro atoms. The summed E-state index contributed by atoms with van der Waals surface area (Å²) in [5, 5.41) is 2.02. The van der Waals surface area contributed by atoms with Gasteiger partial charge in [0.25, 0.3) is 0 Å². The van der Waals surface area contributed by atoms with E-state index < -0.39 is 0 Å². The topological polar surface area (TPSA) is 0 Å². The number of hydrogen-bond donors (Lipinski definition) is 0. The molecule has 0 aliphatic carbocycles. The summed E-state index contributed by atoms with van der Waals surface area (Å²) < 4.78 is 0. The highest BCUT2D eigenvalue weighted by Crippen LogP contribution is 2.48. The van der Waals surface area contributed by atoms with Crippen molar-refractivity contribution >= 4 is 11.8 Å². The van der Waals surface area contributed by atoms with Gasteiger partial charge in [-0.25, -0.2) is 0 Å². The maximum Gasteiger partial charge on any atom is 0.00549 e. The van der Waals surface area contributed by atoms with Gasteiger partial charge in [0.15, 0.2) is 0 Å². The van der Waals surface area contributed by atoms with Gasteiger partial charge in [0.2, 0.25) is 0 Å². The lowest BCUT2D eigenvalue weighted by Crippen LogP contribution is -2.33. The maximum atomic E-state index is 2.44. The third-order valence-corrected chi connectivity index (χ3v) is 4.57. The molecular weight excluding hydrogens is 152 g/mol. The van der Waals surface area contributed by atoms with E-state index in [4.69, 9.17) is 0 Å². The zero-order valence-corrected chi connectivity index (χ0v) is 8.41. The van der Waals surface area contributed by atoms with Crippen LogP contribution >= 0.6 is 11.8 Å². The van der Waals surface area contributed by atoms with Crippen LogP contribution in [0.4, 0.5) is 0 Å². The molecule has 2 aliphatic rings. The number of rotatable bonds is 0. The first-order valence-electron chi connectivity index (χ1n) is 4.81. The third kappa shape index (κ3) is 1.74. The SMILES string of the molecule is CC1(C)CC2CCCC(C1)S2. The number of thioether (sulfide) groups is 1. The molecule has 2 fully saturated rings. The summed E-state index contributed by atoms with van der Waals surface area (Å²) in [5.74, 6) is 0. The van der Waals surface area contributed by atoms with Crippen LogP contribution in [0.15, 0.2) is 0 Å². The quantitative estimate of drug-likeness (QED) is 0.536. The summed E-state index contributed by atoms with van der Waals surface area (Å²) in [6.07, 6.45) is 7.41. The van der Waals surface area contributed by atoms with Gasteiger partial charge in [0.05, 0.1) is 0 Å². The summed E-state index contributed by atoms with van der Waals surface area (Å²) in [4.78, 5) is 0. The van der Waals surface area contributed by atoms with Crippen LogP contribution in [0.5, 0.6) is 0 Å². The van der Waals surface area contributed by atoms with Gasteiger partial charge < -0.3 is 0 Å². The van der Waals surface area contributed by atoms with E-state index in [0.717, 1.165) is 10.5 Å². The fourth-order valence-electron chi connectivity index (χ4n) is 2.60. The van der Waals surface area contributed by atoms with Crippen LogP contribution in [-0.4, -0.2) is 10.5 Å². The second-order valence-corrected chi connectivity index (χ2v) is 6.49. The standard InChI is InChI=1S/C10H18S/c1-10(2)6-8-4-3-5-9(7-10)11-8/h8-9H,3-7H2,1-2H3. The lowest BCUT2D eigenvalue weighted by Gasteiger charge is -2.43.